The van der Waals surface area contributed by atoms with Gasteiger partial charge in [-0.3, -0.25) is 0 Å². The first-order valence-corrected chi connectivity index (χ1v) is 26.7. The lowest BCUT2D eigenvalue weighted by molar-refractivity contribution is 0.669. The van der Waals surface area contributed by atoms with E-state index < -0.39 is 10.8 Å². The molecule has 0 bridgehead atoms. The first-order valence-electron chi connectivity index (χ1n) is 26.7. The van der Waals surface area contributed by atoms with Crippen molar-refractivity contribution in [2.75, 3.05) is 4.90 Å². The summed E-state index contributed by atoms with van der Waals surface area (Å²) in [5.74, 6) is 0. The smallest absolute Gasteiger partial charge is 0.135 e. The quantitative estimate of drug-likeness (QED) is 0.166. The normalized spacial score (nSPS) is 15.2. The van der Waals surface area contributed by atoms with Crippen molar-refractivity contribution in [3.8, 4) is 39.1 Å². The molecule has 0 fully saturated rings. The Balaban J connectivity index is 0.941. The molecule has 1 aliphatic heterocycles. The highest BCUT2D eigenvalue weighted by Crippen LogP contribution is 2.64. The van der Waals surface area contributed by atoms with Gasteiger partial charge >= 0.3 is 0 Å². The highest BCUT2D eigenvalue weighted by molar-refractivity contribution is 6.13. The molecule has 1 unspecified atom stereocenters. The molecular formula is C74H46N2O. The number of fused-ring (bicyclic) bond motifs is 18. The number of anilines is 3. The van der Waals surface area contributed by atoms with Crippen molar-refractivity contribution in [1.29, 1.82) is 0 Å². The fourth-order valence-corrected chi connectivity index (χ4v) is 14.5. The fourth-order valence-electron chi connectivity index (χ4n) is 14.5. The number of para-hydroxylation sites is 4. The molecule has 17 rings (SSSR count). The van der Waals surface area contributed by atoms with E-state index in [1.807, 2.05) is 12.1 Å². The van der Waals surface area contributed by atoms with Gasteiger partial charge in [-0.25, -0.2) is 0 Å². The third kappa shape index (κ3) is 5.54. The Morgan fingerprint density at radius 2 is 0.896 bits per heavy atom. The molecule has 0 saturated heterocycles. The van der Waals surface area contributed by atoms with Gasteiger partial charge in [-0.05, 0) is 133 Å². The predicted octanol–water partition coefficient (Wildman–Crippen LogP) is 18.9. The van der Waals surface area contributed by atoms with Crippen LogP contribution >= 0.6 is 0 Å². The van der Waals surface area contributed by atoms with Gasteiger partial charge in [-0.2, -0.15) is 0 Å². The Morgan fingerprint density at radius 1 is 0.325 bits per heavy atom. The van der Waals surface area contributed by atoms with E-state index in [-0.39, 0.29) is 0 Å². The topological polar surface area (TPSA) is 21.3 Å². The van der Waals surface area contributed by atoms with E-state index in [1.54, 1.807) is 0 Å². The summed E-state index contributed by atoms with van der Waals surface area (Å²) < 4.78 is 8.80. The SMILES string of the molecule is c1ccc(C2(c3ccccc3)c3ccccc3-c3ccc(N(c4ccc(-c5ccc6oc7ccccc7c6c5)cc4)c4cccc5c4-c4ccccc4C54c5ccccc5-n5c6ccccc6c6cccc4c65)cc32)cc1. The van der Waals surface area contributed by atoms with E-state index in [2.05, 4.69) is 276 Å². The second kappa shape index (κ2) is 15.8. The minimum Gasteiger partial charge on any atom is -0.456 e. The van der Waals surface area contributed by atoms with Crippen LogP contribution in [0.4, 0.5) is 17.1 Å². The number of rotatable bonds is 6. The van der Waals surface area contributed by atoms with Crippen LogP contribution in [0.5, 0.6) is 0 Å². The summed E-state index contributed by atoms with van der Waals surface area (Å²) in [5, 5.41) is 4.79. The van der Waals surface area contributed by atoms with E-state index in [0.29, 0.717) is 0 Å². The third-order valence-corrected chi connectivity index (χ3v) is 17.5. The average molecular weight is 979 g/mol. The maximum Gasteiger partial charge on any atom is 0.135 e. The minimum absolute atomic E-state index is 0.575. The molecule has 14 aromatic rings. The van der Waals surface area contributed by atoms with Gasteiger partial charge in [0, 0.05) is 38.5 Å². The first-order chi connectivity index (χ1) is 38.2. The molecule has 2 aliphatic carbocycles. The first kappa shape index (κ1) is 42.4. The van der Waals surface area contributed by atoms with E-state index in [9.17, 15) is 0 Å². The second-order valence-corrected chi connectivity index (χ2v) is 21.0. The number of nitrogens with zero attached hydrogens (tertiary/aromatic N) is 2. The molecular weight excluding hydrogens is 933 g/mol. The van der Waals surface area contributed by atoms with Crippen molar-refractivity contribution in [1.82, 2.24) is 4.57 Å². The van der Waals surface area contributed by atoms with Gasteiger partial charge in [0.25, 0.3) is 0 Å². The Bertz CT molecular complexity index is 4710. The monoisotopic (exact) mass is 978 g/mol. The van der Waals surface area contributed by atoms with Crippen molar-refractivity contribution >= 4 is 60.8 Å². The molecule has 3 heterocycles. The third-order valence-electron chi connectivity index (χ3n) is 17.5. The standard InChI is InChI=1S/C74H46N2O/c1-3-19-49(20-4-1)73(50-21-5-2-6-22-50)60-28-11-7-23-53(60)54-43-42-52(46-65(54)73)75(51-40-37-47(38-41-51)48-39-44-70-59(45-48)56-25-10-16-36-69(56)77-70)68-35-18-31-63-71(68)58-26-8-12-29-61(58)74(63)62-30-13-15-34-67(62)76-66-33-14-9-24-55(66)57-27-17-32-64(74)72(57)76/h1-46H. The molecule has 0 saturated carbocycles. The van der Waals surface area contributed by atoms with E-state index in [0.717, 1.165) is 50.1 Å². The maximum atomic E-state index is 6.28. The van der Waals surface area contributed by atoms with E-state index in [1.165, 1.54) is 94.3 Å². The molecule has 2 aromatic heterocycles. The van der Waals surface area contributed by atoms with Crippen LogP contribution in [0.15, 0.2) is 283 Å². The zero-order valence-corrected chi connectivity index (χ0v) is 41.9. The van der Waals surface area contributed by atoms with Crippen molar-refractivity contribution < 1.29 is 4.42 Å². The highest BCUT2D eigenvalue weighted by atomic mass is 16.3. The van der Waals surface area contributed by atoms with Crippen molar-refractivity contribution in [2.45, 2.75) is 10.8 Å². The summed E-state index contributed by atoms with van der Waals surface area (Å²) in [4.78, 5) is 2.54. The van der Waals surface area contributed by atoms with E-state index >= 15 is 0 Å². The van der Waals surface area contributed by atoms with Crippen LogP contribution in [-0.2, 0) is 10.8 Å². The lowest BCUT2D eigenvalue weighted by Gasteiger charge is -2.39. The molecule has 3 aliphatic rings. The van der Waals surface area contributed by atoms with Crippen molar-refractivity contribution in [3.05, 3.63) is 324 Å². The molecule has 358 valence electrons. The number of benzene rings is 12. The number of furan rings is 1. The molecule has 12 aromatic carbocycles. The van der Waals surface area contributed by atoms with Crippen LogP contribution in [-0.4, -0.2) is 4.57 Å². The second-order valence-electron chi connectivity index (χ2n) is 21.0. The van der Waals surface area contributed by atoms with Crippen LogP contribution in [0.25, 0.3) is 82.8 Å². The maximum absolute atomic E-state index is 6.28. The minimum atomic E-state index is -0.608. The fraction of sp³-hybridized carbons (Fsp3) is 0.0270. The average Bonchev–Trinajstić information content (AvgIpc) is 4.23. The Kier molecular flexibility index (Phi) is 8.69. The summed E-state index contributed by atoms with van der Waals surface area (Å²) in [5.41, 5.74) is 25.1. The van der Waals surface area contributed by atoms with Gasteiger partial charge in [-0.1, -0.05) is 218 Å². The van der Waals surface area contributed by atoms with Crippen LogP contribution in [0.3, 0.4) is 0 Å². The molecule has 0 N–H and O–H groups in total. The molecule has 77 heavy (non-hydrogen) atoms. The van der Waals surface area contributed by atoms with Crippen LogP contribution < -0.4 is 4.90 Å². The number of hydrogen-bond donors (Lipinski definition) is 0. The van der Waals surface area contributed by atoms with Gasteiger partial charge in [0.15, 0.2) is 0 Å². The van der Waals surface area contributed by atoms with E-state index in [4.69, 9.17) is 4.42 Å². The van der Waals surface area contributed by atoms with Crippen LogP contribution in [0.2, 0.25) is 0 Å². The molecule has 0 amide bonds. The summed E-state index contributed by atoms with van der Waals surface area (Å²) in [6, 6.07) is 104. The number of hydrogen-bond acceptors (Lipinski definition) is 2. The molecule has 1 atom stereocenters. The Hall–Kier alpha value is -9.96. The van der Waals surface area contributed by atoms with Gasteiger partial charge < -0.3 is 13.9 Å². The molecule has 3 heteroatoms. The summed E-state index contributed by atoms with van der Waals surface area (Å²) in [6.07, 6.45) is 0. The molecule has 0 radical (unpaired) electrons. The Morgan fingerprint density at radius 3 is 1.70 bits per heavy atom. The molecule has 3 nitrogen and oxygen atoms in total. The predicted molar refractivity (Wildman–Crippen MR) is 316 cm³/mol. The molecule has 1 spiro atoms. The summed E-state index contributed by atoms with van der Waals surface area (Å²) in [6.45, 7) is 0. The summed E-state index contributed by atoms with van der Waals surface area (Å²) >= 11 is 0. The highest BCUT2D eigenvalue weighted by Gasteiger charge is 2.52. The van der Waals surface area contributed by atoms with Crippen molar-refractivity contribution in [2.24, 2.45) is 0 Å². The van der Waals surface area contributed by atoms with Crippen LogP contribution in [0.1, 0.15) is 44.5 Å². The van der Waals surface area contributed by atoms with Gasteiger partial charge in [-0.15, -0.1) is 0 Å². The zero-order valence-electron chi connectivity index (χ0n) is 41.9. The summed E-state index contributed by atoms with van der Waals surface area (Å²) in [7, 11) is 0. The van der Waals surface area contributed by atoms with Gasteiger partial charge in [0.2, 0.25) is 0 Å². The Labute approximate surface area is 445 Å². The van der Waals surface area contributed by atoms with Crippen molar-refractivity contribution in [3.63, 3.8) is 0 Å². The number of aromatic nitrogens is 1. The van der Waals surface area contributed by atoms with Gasteiger partial charge in [0.05, 0.1) is 33.2 Å². The lowest BCUT2D eigenvalue weighted by atomic mass is 9.65. The largest absolute Gasteiger partial charge is 0.456 e. The van der Waals surface area contributed by atoms with Gasteiger partial charge in [0.1, 0.15) is 11.2 Å². The van der Waals surface area contributed by atoms with Crippen LogP contribution in [0, 0.1) is 0 Å². The zero-order chi connectivity index (χ0) is 50.4. The lowest BCUT2D eigenvalue weighted by Crippen LogP contribution is -2.33.